The Kier molecular flexibility index (Phi) is 4.55. The van der Waals surface area contributed by atoms with Crippen molar-refractivity contribution in [3.05, 3.63) is 30.1 Å². The lowest BCUT2D eigenvalue weighted by Gasteiger charge is -2.36. The molecule has 1 fully saturated rings. The standard InChI is InChI=1S/C17H25N5/c1-13-4-5-16-15(10-13)17(20-12-19-16)18-11-14(2)22-8-6-21(3)7-9-22/h4-5,10,12,14H,6-9,11H2,1-3H3,(H,18,19,20). The van der Waals surface area contributed by atoms with E-state index in [1.807, 2.05) is 0 Å². The molecule has 5 heteroatoms. The van der Waals surface area contributed by atoms with Crippen LogP contribution in [0.4, 0.5) is 5.82 Å². The van der Waals surface area contributed by atoms with Crippen LogP contribution in [-0.4, -0.2) is 65.6 Å². The van der Waals surface area contributed by atoms with Crippen LogP contribution >= 0.6 is 0 Å². The fourth-order valence-corrected chi connectivity index (χ4v) is 2.95. The molecule has 1 aliphatic rings. The van der Waals surface area contributed by atoms with E-state index in [1.54, 1.807) is 6.33 Å². The Morgan fingerprint density at radius 1 is 1.18 bits per heavy atom. The van der Waals surface area contributed by atoms with Crippen molar-refractivity contribution in [1.82, 2.24) is 19.8 Å². The zero-order valence-electron chi connectivity index (χ0n) is 13.7. The van der Waals surface area contributed by atoms with Gasteiger partial charge in [-0.1, -0.05) is 11.6 Å². The molecule has 0 aliphatic carbocycles. The second-order valence-electron chi connectivity index (χ2n) is 6.31. The number of anilines is 1. The number of benzene rings is 1. The van der Waals surface area contributed by atoms with E-state index in [-0.39, 0.29) is 0 Å². The molecule has 1 N–H and O–H groups in total. The first kappa shape index (κ1) is 15.2. The van der Waals surface area contributed by atoms with Crippen LogP contribution in [0.5, 0.6) is 0 Å². The molecule has 0 spiro atoms. The number of nitrogens with one attached hydrogen (secondary N) is 1. The maximum Gasteiger partial charge on any atom is 0.137 e. The number of piperazine rings is 1. The number of aromatic nitrogens is 2. The number of rotatable bonds is 4. The van der Waals surface area contributed by atoms with Gasteiger partial charge in [0, 0.05) is 44.2 Å². The van der Waals surface area contributed by atoms with Gasteiger partial charge in [0.05, 0.1) is 5.52 Å². The van der Waals surface area contributed by atoms with Gasteiger partial charge in [0.1, 0.15) is 12.1 Å². The van der Waals surface area contributed by atoms with Gasteiger partial charge in [-0.2, -0.15) is 0 Å². The predicted octanol–water partition coefficient (Wildman–Crippen LogP) is 1.99. The highest BCUT2D eigenvalue weighted by Crippen LogP contribution is 2.20. The van der Waals surface area contributed by atoms with Gasteiger partial charge in [0.15, 0.2) is 0 Å². The summed E-state index contributed by atoms with van der Waals surface area (Å²) in [6, 6.07) is 6.80. The molecule has 2 aromatic rings. The monoisotopic (exact) mass is 299 g/mol. The van der Waals surface area contributed by atoms with Gasteiger partial charge in [-0.15, -0.1) is 0 Å². The lowest BCUT2D eigenvalue weighted by molar-refractivity contribution is 0.123. The Balaban J connectivity index is 1.67. The second kappa shape index (κ2) is 6.58. The molecule has 1 aliphatic heterocycles. The van der Waals surface area contributed by atoms with Crippen LogP contribution in [0, 0.1) is 6.92 Å². The van der Waals surface area contributed by atoms with E-state index in [9.17, 15) is 0 Å². The molecule has 0 radical (unpaired) electrons. The van der Waals surface area contributed by atoms with E-state index >= 15 is 0 Å². The van der Waals surface area contributed by atoms with Crippen molar-refractivity contribution >= 4 is 16.7 Å². The summed E-state index contributed by atoms with van der Waals surface area (Å²) in [5.74, 6) is 0.940. The number of hydrogen-bond donors (Lipinski definition) is 1. The Bertz CT molecular complexity index is 634. The number of nitrogens with zero attached hydrogens (tertiary/aromatic N) is 4. The van der Waals surface area contributed by atoms with Crippen LogP contribution in [0.15, 0.2) is 24.5 Å². The summed E-state index contributed by atoms with van der Waals surface area (Å²) in [4.78, 5) is 13.7. The number of aryl methyl sites for hydroxylation is 1. The summed E-state index contributed by atoms with van der Waals surface area (Å²) in [7, 11) is 2.19. The summed E-state index contributed by atoms with van der Waals surface area (Å²) in [5, 5.41) is 4.62. The Hall–Kier alpha value is -1.72. The van der Waals surface area contributed by atoms with Gasteiger partial charge in [0.25, 0.3) is 0 Å². The Morgan fingerprint density at radius 2 is 1.95 bits per heavy atom. The average molecular weight is 299 g/mol. The lowest BCUT2D eigenvalue weighted by atomic mass is 10.1. The number of likely N-dealkylation sites (N-methyl/N-ethyl adjacent to an activating group) is 1. The van der Waals surface area contributed by atoms with Gasteiger partial charge in [-0.3, -0.25) is 4.90 Å². The highest BCUT2D eigenvalue weighted by molar-refractivity contribution is 5.89. The van der Waals surface area contributed by atoms with E-state index in [4.69, 9.17) is 0 Å². The molecule has 2 heterocycles. The molecule has 3 rings (SSSR count). The molecule has 0 saturated carbocycles. The van der Waals surface area contributed by atoms with Crippen LogP contribution < -0.4 is 5.32 Å². The van der Waals surface area contributed by atoms with Gasteiger partial charge >= 0.3 is 0 Å². The van der Waals surface area contributed by atoms with E-state index in [2.05, 4.69) is 64.2 Å². The van der Waals surface area contributed by atoms with Gasteiger partial charge in [-0.05, 0) is 33.0 Å². The summed E-state index contributed by atoms with van der Waals surface area (Å²) in [6.45, 7) is 9.88. The first-order chi connectivity index (χ1) is 10.6. The van der Waals surface area contributed by atoms with E-state index in [0.717, 1.165) is 49.4 Å². The van der Waals surface area contributed by atoms with Crippen LogP contribution in [0.3, 0.4) is 0 Å². The average Bonchev–Trinajstić information content (AvgIpc) is 2.53. The van der Waals surface area contributed by atoms with Crippen molar-refractivity contribution in [2.75, 3.05) is 45.1 Å². The van der Waals surface area contributed by atoms with E-state index in [0.29, 0.717) is 6.04 Å². The first-order valence-corrected chi connectivity index (χ1v) is 8.01. The van der Waals surface area contributed by atoms with Crippen molar-refractivity contribution in [2.45, 2.75) is 19.9 Å². The predicted molar refractivity (Wildman–Crippen MR) is 91.3 cm³/mol. The quantitative estimate of drug-likeness (QED) is 0.935. The fraction of sp³-hybridized carbons (Fsp3) is 0.529. The molecule has 118 valence electrons. The second-order valence-corrected chi connectivity index (χ2v) is 6.31. The fourth-order valence-electron chi connectivity index (χ4n) is 2.95. The molecule has 1 saturated heterocycles. The molecule has 1 aromatic carbocycles. The van der Waals surface area contributed by atoms with E-state index in [1.165, 1.54) is 5.56 Å². The smallest absolute Gasteiger partial charge is 0.137 e. The maximum absolute atomic E-state index is 4.43. The minimum Gasteiger partial charge on any atom is -0.368 e. The summed E-state index contributed by atoms with van der Waals surface area (Å²) in [5.41, 5.74) is 2.23. The zero-order chi connectivity index (χ0) is 15.5. The number of hydrogen-bond acceptors (Lipinski definition) is 5. The summed E-state index contributed by atoms with van der Waals surface area (Å²) < 4.78 is 0. The van der Waals surface area contributed by atoms with Crippen LogP contribution in [0.25, 0.3) is 10.9 Å². The highest BCUT2D eigenvalue weighted by Gasteiger charge is 2.19. The van der Waals surface area contributed by atoms with Crippen molar-refractivity contribution < 1.29 is 0 Å². The molecule has 0 amide bonds. The maximum atomic E-state index is 4.43. The first-order valence-electron chi connectivity index (χ1n) is 8.01. The molecular formula is C17H25N5. The summed E-state index contributed by atoms with van der Waals surface area (Å²) >= 11 is 0. The molecular weight excluding hydrogens is 274 g/mol. The van der Waals surface area contributed by atoms with Gasteiger partial charge in [-0.25, -0.2) is 9.97 Å². The van der Waals surface area contributed by atoms with Crippen molar-refractivity contribution in [1.29, 1.82) is 0 Å². The van der Waals surface area contributed by atoms with E-state index < -0.39 is 0 Å². The number of fused-ring (bicyclic) bond motifs is 1. The molecule has 1 aromatic heterocycles. The third-order valence-corrected chi connectivity index (χ3v) is 4.52. The Morgan fingerprint density at radius 3 is 2.73 bits per heavy atom. The van der Waals surface area contributed by atoms with Crippen LogP contribution in [-0.2, 0) is 0 Å². The van der Waals surface area contributed by atoms with Crippen LogP contribution in [0.2, 0.25) is 0 Å². The summed E-state index contributed by atoms with van der Waals surface area (Å²) in [6.07, 6.45) is 1.64. The van der Waals surface area contributed by atoms with Crippen LogP contribution in [0.1, 0.15) is 12.5 Å². The lowest BCUT2D eigenvalue weighted by Crippen LogP contribution is -2.49. The largest absolute Gasteiger partial charge is 0.368 e. The van der Waals surface area contributed by atoms with Gasteiger partial charge in [0.2, 0.25) is 0 Å². The molecule has 22 heavy (non-hydrogen) atoms. The normalized spacial score (nSPS) is 18.5. The Labute approximate surface area is 132 Å². The molecule has 5 nitrogen and oxygen atoms in total. The van der Waals surface area contributed by atoms with Crippen molar-refractivity contribution in [3.63, 3.8) is 0 Å². The molecule has 1 unspecified atom stereocenters. The third kappa shape index (κ3) is 3.36. The zero-order valence-corrected chi connectivity index (χ0v) is 13.7. The van der Waals surface area contributed by atoms with Crippen molar-refractivity contribution in [2.24, 2.45) is 0 Å². The third-order valence-electron chi connectivity index (χ3n) is 4.52. The van der Waals surface area contributed by atoms with Gasteiger partial charge < -0.3 is 10.2 Å². The topological polar surface area (TPSA) is 44.3 Å². The molecule has 0 bridgehead atoms. The SMILES string of the molecule is Cc1ccc2ncnc(NCC(C)N3CCN(C)CC3)c2c1. The molecule has 1 atom stereocenters. The minimum absolute atomic E-state index is 0.503. The highest BCUT2D eigenvalue weighted by atomic mass is 15.3. The van der Waals surface area contributed by atoms with Crippen molar-refractivity contribution in [3.8, 4) is 0 Å². The minimum atomic E-state index is 0.503.